The summed E-state index contributed by atoms with van der Waals surface area (Å²) in [5, 5.41) is 17.2. The van der Waals surface area contributed by atoms with Gasteiger partial charge in [0.25, 0.3) is 6.43 Å². The fourth-order valence-corrected chi connectivity index (χ4v) is 1.91. The smallest absolute Gasteiger partial charge is 0.307 e. The highest BCUT2D eigenvalue weighted by Crippen LogP contribution is 2.33. The third-order valence-electron chi connectivity index (χ3n) is 1.94. The highest BCUT2D eigenvalue weighted by molar-refractivity contribution is 9.10. The number of carbonyl (C=O) groups is 1. The number of alkyl halides is 2. The highest BCUT2D eigenvalue weighted by atomic mass is 79.9. The number of carboxylic acid groups (broad SMARTS) is 1. The lowest BCUT2D eigenvalue weighted by molar-refractivity contribution is -0.136. The third-order valence-corrected chi connectivity index (χ3v) is 2.88. The number of rotatable bonds is 3. The molecule has 0 amide bonds. The van der Waals surface area contributed by atoms with Gasteiger partial charge in [0.05, 0.1) is 18.1 Å². The molecule has 84 valence electrons. The average Bonchev–Trinajstić information content (AvgIpc) is 2.19. The summed E-state index contributed by atoms with van der Waals surface area (Å²) in [6.45, 7) is 0. The number of hydrogen-bond acceptors (Lipinski definition) is 2. The topological polar surface area (TPSA) is 61.1 Å². The Balaban J connectivity index is 3.33. The van der Waals surface area contributed by atoms with Gasteiger partial charge >= 0.3 is 5.97 Å². The zero-order chi connectivity index (χ0) is 12.3. The number of carboxylic acids is 1. The predicted octanol–water partition coefficient (Wildman–Crippen LogP) is 2.89. The maximum absolute atomic E-state index is 12.7. The van der Waals surface area contributed by atoms with Crippen LogP contribution in [-0.4, -0.2) is 11.1 Å². The van der Waals surface area contributed by atoms with Crippen molar-refractivity contribution in [1.82, 2.24) is 0 Å². The van der Waals surface area contributed by atoms with Crippen LogP contribution in [0.1, 0.15) is 23.1 Å². The molecule has 1 rings (SSSR count). The Labute approximate surface area is 98.4 Å². The molecule has 0 aliphatic carbocycles. The van der Waals surface area contributed by atoms with Crippen LogP contribution < -0.4 is 0 Å². The standard InChI is InChI=1S/C10H6BrF2NO2/c11-9-5(3-7(15)16)1-2-6(4-14)8(9)10(12)13/h1-2,10H,3H2,(H,15,16). The highest BCUT2D eigenvalue weighted by Gasteiger charge is 2.20. The van der Waals surface area contributed by atoms with E-state index >= 15 is 0 Å². The molecular weight excluding hydrogens is 284 g/mol. The Hall–Kier alpha value is -1.48. The first-order valence-electron chi connectivity index (χ1n) is 4.18. The molecule has 0 saturated heterocycles. The van der Waals surface area contributed by atoms with Crippen molar-refractivity contribution < 1.29 is 18.7 Å². The van der Waals surface area contributed by atoms with Gasteiger partial charge in [-0.15, -0.1) is 0 Å². The van der Waals surface area contributed by atoms with Crippen molar-refractivity contribution in [2.24, 2.45) is 0 Å². The summed E-state index contributed by atoms with van der Waals surface area (Å²) >= 11 is 2.91. The maximum atomic E-state index is 12.7. The minimum Gasteiger partial charge on any atom is -0.481 e. The minimum atomic E-state index is -2.82. The van der Waals surface area contributed by atoms with Crippen LogP contribution in [0, 0.1) is 11.3 Å². The van der Waals surface area contributed by atoms with Crippen molar-refractivity contribution >= 4 is 21.9 Å². The first-order valence-corrected chi connectivity index (χ1v) is 4.98. The Morgan fingerprint density at radius 1 is 1.56 bits per heavy atom. The lowest BCUT2D eigenvalue weighted by Crippen LogP contribution is -2.04. The average molecular weight is 290 g/mol. The van der Waals surface area contributed by atoms with Gasteiger partial charge in [-0.05, 0) is 27.6 Å². The second-order valence-electron chi connectivity index (χ2n) is 2.98. The van der Waals surface area contributed by atoms with Crippen LogP contribution in [0.4, 0.5) is 8.78 Å². The molecular formula is C10H6BrF2NO2. The molecule has 0 aliphatic rings. The summed E-state index contributed by atoms with van der Waals surface area (Å²) in [5.41, 5.74) is -0.390. The van der Waals surface area contributed by atoms with Gasteiger partial charge in [-0.3, -0.25) is 4.79 Å². The number of halogens is 3. The largest absolute Gasteiger partial charge is 0.481 e. The molecule has 0 atom stereocenters. The zero-order valence-electron chi connectivity index (χ0n) is 7.88. The van der Waals surface area contributed by atoms with Gasteiger partial charge in [0, 0.05) is 10.0 Å². The molecule has 1 aromatic carbocycles. The first kappa shape index (κ1) is 12.6. The summed E-state index contributed by atoms with van der Waals surface area (Å²) in [5.74, 6) is -1.12. The summed E-state index contributed by atoms with van der Waals surface area (Å²) in [6.07, 6.45) is -3.19. The van der Waals surface area contributed by atoms with Gasteiger partial charge in [-0.25, -0.2) is 8.78 Å². The van der Waals surface area contributed by atoms with E-state index in [9.17, 15) is 13.6 Å². The summed E-state index contributed by atoms with van der Waals surface area (Å²) in [6, 6.07) is 4.19. The van der Waals surface area contributed by atoms with Gasteiger partial charge < -0.3 is 5.11 Å². The van der Waals surface area contributed by atoms with Gasteiger partial charge in [0.1, 0.15) is 0 Å². The van der Waals surface area contributed by atoms with E-state index in [1.807, 2.05) is 0 Å². The Bertz CT molecular complexity index is 469. The SMILES string of the molecule is N#Cc1ccc(CC(=O)O)c(Br)c1C(F)F. The van der Waals surface area contributed by atoms with Crippen molar-refractivity contribution in [3.05, 3.63) is 33.3 Å². The number of nitriles is 1. The van der Waals surface area contributed by atoms with Crippen molar-refractivity contribution in [2.75, 3.05) is 0 Å². The summed E-state index contributed by atoms with van der Waals surface area (Å²) in [7, 11) is 0. The third kappa shape index (κ3) is 2.55. The molecule has 16 heavy (non-hydrogen) atoms. The lowest BCUT2D eigenvalue weighted by atomic mass is 10.0. The van der Waals surface area contributed by atoms with E-state index in [-0.39, 0.29) is 22.0 Å². The fourth-order valence-electron chi connectivity index (χ4n) is 1.25. The van der Waals surface area contributed by atoms with Crippen molar-refractivity contribution in [3.8, 4) is 6.07 Å². The fraction of sp³-hybridized carbons (Fsp3) is 0.200. The number of nitrogens with zero attached hydrogens (tertiary/aromatic N) is 1. The van der Waals surface area contributed by atoms with Crippen LogP contribution in [0.2, 0.25) is 0 Å². The van der Waals surface area contributed by atoms with E-state index in [1.54, 1.807) is 6.07 Å². The molecule has 1 N–H and O–H groups in total. The molecule has 0 bridgehead atoms. The number of benzene rings is 1. The van der Waals surface area contributed by atoms with Crippen LogP contribution in [0.15, 0.2) is 16.6 Å². The van der Waals surface area contributed by atoms with Crippen LogP contribution in [0.3, 0.4) is 0 Å². The van der Waals surface area contributed by atoms with E-state index in [0.29, 0.717) is 0 Å². The van der Waals surface area contributed by atoms with Gasteiger partial charge in [0.15, 0.2) is 0 Å². The van der Waals surface area contributed by atoms with E-state index < -0.39 is 18.0 Å². The molecule has 0 aromatic heterocycles. The van der Waals surface area contributed by atoms with E-state index in [2.05, 4.69) is 15.9 Å². The Kier molecular flexibility index (Phi) is 3.96. The van der Waals surface area contributed by atoms with Gasteiger partial charge in [-0.1, -0.05) is 6.07 Å². The normalized spacial score (nSPS) is 10.2. The molecule has 0 radical (unpaired) electrons. The van der Waals surface area contributed by atoms with Gasteiger partial charge in [-0.2, -0.15) is 5.26 Å². The van der Waals surface area contributed by atoms with E-state index in [0.717, 1.165) is 0 Å². The molecule has 0 fully saturated rings. The maximum Gasteiger partial charge on any atom is 0.307 e. The second kappa shape index (κ2) is 5.03. The van der Waals surface area contributed by atoms with Gasteiger partial charge in [0.2, 0.25) is 0 Å². The molecule has 1 aromatic rings. The molecule has 3 nitrogen and oxygen atoms in total. The molecule has 6 heteroatoms. The predicted molar refractivity (Wildman–Crippen MR) is 55.2 cm³/mol. The second-order valence-corrected chi connectivity index (χ2v) is 3.78. The minimum absolute atomic E-state index is 0.0102. The first-order chi connectivity index (χ1) is 7.47. The van der Waals surface area contributed by atoms with Crippen molar-refractivity contribution in [1.29, 1.82) is 5.26 Å². The van der Waals surface area contributed by atoms with Crippen LogP contribution >= 0.6 is 15.9 Å². The lowest BCUT2D eigenvalue weighted by Gasteiger charge is -2.09. The van der Waals surface area contributed by atoms with Crippen LogP contribution in [0.5, 0.6) is 0 Å². The molecule has 0 saturated carbocycles. The zero-order valence-corrected chi connectivity index (χ0v) is 9.46. The summed E-state index contributed by atoms with van der Waals surface area (Å²) < 4.78 is 25.3. The molecule has 0 spiro atoms. The Morgan fingerprint density at radius 3 is 2.62 bits per heavy atom. The van der Waals surface area contributed by atoms with Crippen molar-refractivity contribution in [2.45, 2.75) is 12.8 Å². The van der Waals surface area contributed by atoms with Crippen molar-refractivity contribution in [3.63, 3.8) is 0 Å². The number of aliphatic carboxylic acids is 1. The Morgan fingerprint density at radius 2 is 2.19 bits per heavy atom. The molecule has 0 unspecified atom stereocenters. The quantitative estimate of drug-likeness (QED) is 0.931. The van der Waals surface area contributed by atoms with Crippen LogP contribution in [-0.2, 0) is 11.2 Å². The summed E-state index contributed by atoms with van der Waals surface area (Å²) in [4.78, 5) is 10.5. The number of hydrogen-bond donors (Lipinski definition) is 1. The van der Waals surface area contributed by atoms with Crippen LogP contribution in [0.25, 0.3) is 0 Å². The monoisotopic (exact) mass is 289 g/mol. The van der Waals surface area contributed by atoms with E-state index in [4.69, 9.17) is 10.4 Å². The van der Waals surface area contributed by atoms with E-state index in [1.165, 1.54) is 12.1 Å². The molecule has 0 heterocycles. The molecule has 0 aliphatic heterocycles.